The van der Waals surface area contributed by atoms with Crippen LogP contribution in [0.5, 0.6) is 0 Å². The number of esters is 1. The molecule has 11 atom stereocenters. The number of rotatable bonds is 1. The van der Waals surface area contributed by atoms with Crippen molar-refractivity contribution in [1.82, 2.24) is 0 Å². The summed E-state index contributed by atoms with van der Waals surface area (Å²) in [6.45, 7) is 18.2. The standard InChI is InChI=1S/C31H49NO3/c1-18-9-12-27(4)15-16-29(6)21(25(27)19(18)2)17-22(34)26-28(5)13-11-24(35-20(3)33)31(8,32)23(28)10-14-30(26,29)7/h17-19,23-26H,9-16,32H2,1-8H3/t18-,19+,23?,24-,25?,26?,27-,28+,29-,30-,31-/m1/s1. The number of allylic oxidation sites excluding steroid dienone is 2. The number of fused-ring (bicyclic) bond motifs is 7. The molecule has 0 heterocycles. The largest absolute Gasteiger partial charge is 0.461 e. The van der Waals surface area contributed by atoms with Gasteiger partial charge in [-0.25, -0.2) is 0 Å². The van der Waals surface area contributed by atoms with Crippen molar-refractivity contribution in [2.75, 3.05) is 0 Å². The molecule has 0 amide bonds. The number of nitrogens with two attached hydrogens (primary N) is 1. The third-order valence-electron chi connectivity index (χ3n) is 13.1. The van der Waals surface area contributed by atoms with Crippen molar-refractivity contribution in [3.63, 3.8) is 0 Å². The van der Waals surface area contributed by atoms with Crippen molar-refractivity contribution in [2.45, 2.75) is 118 Å². The lowest BCUT2D eigenvalue weighted by Crippen LogP contribution is -2.71. The summed E-state index contributed by atoms with van der Waals surface area (Å²) in [5.74, 6) is 2.07. The molecular formula is C31H49NO3. The molecule has 35 heavy (non-hydrogen) atoms. The second-order valence-electron chi connectivity index (χ2n) is 14.8. The third-order valence-corrected chi connectivity index (χ3v) is 13.1. The van der Waals surface area contributed by atoms with Crippen LogP contribution in [0.25, 0.3) is 0 Å². The summed E-state index contributed by atoms with van der Waals surface area (Å²) in [4.78, 5) is 26.1. The Bertz CT molecular complexity index is 968. The Labute approximate surface area is 213 Å². The van der Waals surface area contributed by atoms with Gasteiger partial charge in [0.25, 0.3) is 0 Å². The minimum Gasteiger partial charge on any atom is -0.461 e. The van der Waals surface area contributed by atoms with Crippen LogP contribution in [0.15, 0.2) is 11.6 Å². The minimum absolute atomic E-state index is 0.0238. The Kier molecular flexibility index (Phi) is 5.59. The van der Waals surface area contributed by atoms with Crippen LogP contribution in [-0.4, -0.2) is 23.4 Å². The van der Waals surface area contributed by atoms with E-state index in [1.54, 1.807) is 0 Å². The topological polar surface area (TPSA) is 69.4 Å². The van der Waals surface area contributed by atoms with Crippen LogP contribution in [0.4, 0.5) is 0 Å². The van der Waals surface area contributed by atoms with Gasteiger partial charge in [-0.05, 0) is 110 Å². The van der Waals surface area contributed by atoms with Crippen molar-refractivity contribution < 1.29 is 14.3 Å². The maximum absolute atomic E-state index is 14.3. The fraction of sp³-hybridized carbons (Fsp3) is 0.871. The van der Waals surface area contributed by atoms with E-state index in [1.165, 1.54) is 38.2 Å². The summed E-state index contributed by atoms with van der Waals surface area (Å²) >= 11 is 0. The fourth-order valence-corrected chi connectivity index (χ4v) is 10.8. The van der Waals surface area contributed by atoms with Gasteiger partial charge < -0.3 is 10.5 Å². The van der Waals surface area contributed by atoms with Crippen LogP contribution >= 0.6 is 0 Å². The van der Waals surface area contributed by atoms with Crippen LogP contribution < -0.4 is 5.73 Å². The predicted octanol–water partition coefficient (Wildman–Crippen LogP) is 6.47. The molecule has 0 aromatic rings. The zero-order valence-electron chi connectivity index (χ0n) is 23.5. The van der Waals surface area contributed by atoms with Gasteiger partial charge in [0.2, 0.25) is 0 Å². The first-order valence-corrected chi connectivity index (χ1v) is 14.3. The smallest absolute Gasteiger partial charge is 0.302 e. The molecule has 5 aliphatic carbocycles. The maximum atomic E-state index is 14.3. The summed E-state index contributed by atoms with van der Waals surface area (Å²) < 4.78 is 5.73. The normalized spacial score (nSPS) is 55.6. The van der Waals surface area contributed by atoms with Crippen LogP contribution in [0.3, 0.4) is 0 Å². The lowest BCUT2D eigenvalue weighted by molar-refractivity contribution is -0.196. The number of ketones is 1. The quantitative estimate of drug-likeness (QED) is 0.434. The lowest BCUT2D eigenvalue weighted by Gasteiger charge is -2.70. The average molecular weight is 484 g/mol. The third kappa shape index (κ3) is 3.20. The van der Waals surface area contributed by atoms with Gasteiger partial charge in [-0.3, -0.25) is 9.59 Å². The second-order valence-corrected chi connectivity index (χ2v) is 14.8. The highest BCUT2D eigenvalue weighted by Crippen LogP contribution is 2.74. The molecule has 4 fully saturated rings. The van der Waals surface area contributed by atoms with Gasteiger partial charge in [0.15, 0.2) is 5.78 Å². The average Bonchev–Trinajstić information content (AvgIpc) is 2.74. The first-order chi connectivity index (χ1) is 16.1. The zero-order chi connectivity index (χ0) is 25.8. The van der Waals surface area contributed by atoms with Crippen molar-refractivity contribution in [3.8, 4) is 0 Å². The van der Waals surface area contributed by atoms with E-state index in [9.17, 15) is 9.59 Å². The molecule has 0 bridgehead atoms. The van der Waals surface area contributed by atoms with Gasteiger partial charge in [0.05, 0.1) is 5.54 Å². The predicted molar refractivity (Wildman–Crippen MR) is 139 cm³/mol. The van der Waals surface area contributed by atoms with E-state index in [-0.39, 0.29) is 40.2 Å². The van der Waals surface area contributed by atoms with E-state index in [4.69, 9.17) is 10.5 Å². The van der Waals surface area contributed by atoms with Gasteiger partial charge >= 0.3 is 5.97 Å². The van der Waals surface area contributed by atoms with Crippen LogP contribution in [0.1, 0.15) is 107 Å². The van der Waals surface area contributed by atoms with E-state index in [2.05, 4.69) is 54.5 Å². The van der Waals surface area contributed by atoms with Gasteiger partial charge in [-0.1, -0.05) is 47.1 Å². The first kappa shape index (κ1) is 25.5. The highest BCUT2D eigenvalue weighted by molar-refractivity contribution is 5.95. The van der Waals surface area contributed by atoms with Gasteiger partial charge in [-0.15, -0.1) is 0 Å². The van der Waals surface area contributed by atoms with Crippen LogP contribution in [0.2, 0.25) is 0 Å². The second kappa shape index (κ2) is 7.68. The monoisotopic (exact) mass is 483 g/mol. The number of hydrogen-bond donors (Lipinski definition) is 1. The Morgan fingerprint density at radius 3 is 2.31 bits per heavy atom. The van der Waals surface area contributed by atoms with E-state index in [1.807, 2.05) is 0 Å². The summed E-state index contributed by atoms with van der Waals surface area (Å²) in [5.41, 5.74) is 8.01. The summed E-state index contributed by atoms with van der Waals surface area (Å²) in [6, 6.07) is 0. The highest BCUT2D eigenvalue weighted by Gasteiger charge is 2.70. The molecule has 3 unspecified atom stereocenters. The van der Waals surface area contributed by atoms with Crippen molar-refractivity contribution >= 4 is 11.8 Å². The lowest BCUT2D eigenvalue weighted by atomic mass is 9.33. The first-order valence-electron chi connectivity index (χ1n) is 14.3. The Morgan fingerprint density at radius 2 is 1.66 bits per heavy atom. The molecule has 0 aromatic carbocycles. The van der Waals surface area contributed by atoms with Gasteiger partial charge in [0.1, 0.15) is 6.10 Å². The van der Waals surface area contributed by atoms with E-state index < -0.39 is 5.54 Å². The van der Waals surface area contributed by atoms with Crippen molar-refractivity contribution in [1.29, 1.82) is 0 Å². The molecule has 0 saturated heterocycles. The molecule has 2 N–H and O–H groups in total. The van der Waals surface area contributed by atoms with E-state index >= 15 is 0 Å². The number of carbonyl (C=O) groups is 2. The van der Waals surface area contributed by atoms with Gasteiger partial charge in [0, 0.05) is 12.8 Å². The molecule has 4 saturated carbocycles. The van der Waals surface area contributed by atoms with E-state index in [0.717, 1.165) is 25.7 Å². The Morgan fingerprint density at radius 1 is 0.971 bits per heavy atom. The molecule has 5 aliphatic rings. The van der Waals surface area contributed by atoms with E-state index in [0.29, 0.717) is 29.0 Å². The molecular weight excluding hydrogens is 434 g/mol. The molecule has 0 radical (unpaired) electrons. The number of carbonyl (C=O) groups excluding carboxylic acids is 2. The fourth-order valence-electron chi connectivity index (χ4n) is 10.8. The Balaban J connectivity index is 1.59. The molecule has 0 aromatic heterocycles. The summed E-state index contributed by atoms with van der Waals surface area (Å²) in [7, 11) is 0. The molecule has 196 valence electrons. The summed E-state index contributed by atoms with van der Waals surface area (Å²) in [5, 5.41) is 0. The maximum Gasteiger partial charge on any atom is 0.302 e. The summed E-state index contributed by atoms with van der Waals surface area (Å²) in [6.07, 6.45) is 10.6. The highest BCUT2D eigenvalue weighted by atomic mass is 16.5. The van der Waals surface area contributed by atoms with Crippen LogP contribution in [0, 0.1) is 51.2 Å². The molecule has 4 nitrogen and oxygen atoms in total. The molecule has 5 rings (SSSR count). The molecule has 0 spiro atoms. The SMILES string of the molecule is CC(=O)O[C@@H]1CC[C@@]2(C)C(CC[C@]3(C)C2C(=O)C=C2C4[C@@H](C)[C@H](C)CC[C@]4(C)CC[C@]23C)[C@@]1(C)N. The van der Waals surface area contributed by atoms with Crippen LogP contribution in [-0.2, 0) is 14.3 Å². The molecule has 4 heteroatoms. The van der Waals surface area contributed by atoms with Crippen molar-refractivity contribution in [2.24, 2.45) is 57.0 Å². The number of ether oxygens (including phenoxy) is 1. The molecule has 0 aliphatic heterocycles. The Hall–Kier alpha value is -1.16. The van der Waals surface area contributed by atoms with Gasteiger partial charge in [-0.2, -0.15) is 0 Å². The minimum atomic E-state index is -0.621. The zero-order valence-corrected chi connectivity index (χ0v) is 23.5. The van der Waals surface area contributed by atoms with Crippen molar-refractivity contribution in [3.05, 3.63) is 11.6 Å². The number of hydrogen-bond acceptors (Lipinski definition) is 4.